The Morgan fingerprint density at radius 3 is 2.81 bits per heavy atom. The van der Waals surface area contributed by atoms with Gasteiger partial charge in [-0.05, 0) is 57.9 Å². The van der Waals surface area contributed by atoms with Gasteiger partial charge in [-0.3, -0.25) is 14.3 Å². The van der Waals surface area contributed by atoms with E-state index in [0.717, 1.165) is 22.7 Å². The quantitative estimate of drug-likeness (QED) is 0.865. The van der Waals surface area contributed by atoms with Gasteiger partial charge in [-0.25, -0.2) is 0 Å². The van der Waals surface area contributed by atoms with Crippen LogP contribution in [0.2, 0.25) is 0 Å². The molecule has 0 fully saturated rings. The van der Waals surface area contributed by atoms with Gasteiger partial charge in [0.2, 0.25) is 5.91 Å². The van der Waals surface area contributed by atoms with E-state index in [-0.39, 0.29) is 23.1 Å². The van der Waals surface area contributed by atoms with Crippen molar-refractivity contribution in [3.8, 4) is 0 Å². The summed E-state index contributed by atoms with van der Waals surface area (Å²) in [4.78, 5) is 25.4. The van der Waals surface area contributed by atoms with E-state index in [1.54, 1.807) is 12.1 Å². The van der Waals surface area contributed by atoms with Crippen LogP contribution < -0.4 is 10.6 Å². The van der Waals surface area contributed by atoms with Gasteiger partial charge < -0.3 is 10.6 Å². The summed E-state index contributed by atoms with van der Waals surface area (Å²) < 4.78 is 1.87. The van der Waals surface area contributed by atoms with E-state index in [4.69, 9.17) is 0 Å². The van der Waals surface area contributed by atoms with Gasteiger partial charge >= 0.3 is 0 Å². The molecule has 2 N–H and O–H groups in total. The molecule has 138 valence electrons. The van der Waals surface area contributed by atoms with Crippen molar-refractivity contribution in [2.75, 3.05) is 5.32 Å². The summed E-state index contributed by atoms with van der Waals surface area (Å²) in [5.41, 5.74) is 4.53. The van der Waals surface area contributed by atoms with Crippen LogP contribution in [0.25, 0.3) is 0 Å². The van der Waals surface area contributed by atoms with Gasteiger partial charge in [0.15, 0.2) is 0 Å². The summed E-state index contributed by atoms with van der Waals surface area (Å²) in [6, 6.07) is 5.42. The Morgan fingerprint density at radius 2 is 2.15 bits per heavy atom. The van der Waals surface area contributed by atoms with Gasteiger partial charge in [0.25, 0.3) is 5.91 Å². The van der Waals surface area contributed by atoms with Gasteiger partial charge in [0.05, 0.1) is 16.6 Å². The number of hydrogen-bond acceptors (Lipinski definition) is 4. The van der Waals surface area contributed by atoms with Crippen molar-refractivity contribution in [1.29, 1.82) is 0 Å². The van der Waals surface area contributed by atoms with Crippen LogP contribution >= 0.6 is 11.8 Å². The first-order chi connectivity index (χ1) is 12.3. The van der Waals surface area contributed by atoms with E-state index in [0.29, 0.717) is 11.3 Å². The SMILES string of the molecule is Cc1nn(C)c(C)c1C[C@H](C)NC(=O)c1ccc2c(c1)NC(=O)[C@@H](C)S2. The Morgan fingerprint density at radius 1 is 1.42 bits per heavy atom. The third kappa shape index (κ3) is 3.62. The lowest BCUT2D eigenvalue weighted by molar-refractivity contribution is -0.115. The Labute approximate surface area is 157 Å². The molecular weight excluding hydrogens is 348 g/mol. The van der Waals surface area contributed by atoms with Crippen LogP contribution in [0.1, 0.15) is 41.2 Å². The monoisotopic (exact) mass is 372 g/mol. The third-order valence-corrected chi connectivity index (χ3v) is 5.90. The number of carbonyl (C=O) groups is 2. The molecular formula is C19H24N4O2S. The highest BCUT2D eigenvalue weighted by Crippen LogP contribution is 2.35. The van der Waals surface area contributed by atoms with E-state index in [2.05, 4.69) is 15.7 Å². The molecule has 0 saturated heterocycles. The second-order valence-electron chi connectivity index (χ2n) is 6.81. The fourth-order valence-corrected chi connectivity index (χ4v) is 4.06. The lowest BCUT2D eigenvalue weighted by Crippen LogP contribution is -2.34. The summed E-state index contributed by atoms with van der Waals surface area (Å²) in [5.74, 6) is -0.173. The van der Waals surface area contributed by atoms with Crippen molar-refractivity contribution < 1.29 is 9.59 Å². The zero-order chi connectivity index (χ0) is 19.0. The Hall–Kier alpha value is -2.28. The first kappa shape index (κ1) is 18.5. The number of nitrogens with zero attached hydrogens (tertiary/aromatic N) is 2. The molecule has 0 bridgehead atoms. The van der Waals surface area contributed by atoms with Gasteiger partial charge in [0.1, 0.15) is 0 Å². The zero-order valence-electron chi connectivity index (χ0n) is 15.7. The van der Waals surface area contributed by atoms with Gasteiger partial charge in [-0.15, -0.1) is 11.8 Å². The predicted octanol–water partition coefficient (Wildman–Crippen LogP) is 2.83. The minimum Gasteiger partial charge on any atom is -0.349 e. The maximum atomic E-state index is 12.6. The molecule has 2 aromatic rings. The number of benzene rings is 1. The molecule has 1 aliphatic heterocycles. The standard InChI is InChI=1S/C19H24N4O2S/c1-10(8-15-11(2)22-23(5)12(15)3)20-19(25)14-6-7-17-16(9-14)21-18(24)13(4)26-17/h6-7,9-10,13H,8H2,1-5H3,(H,20,25)(H,21,24)/t10-,13+/m0/s1. The van der Waals surface area contributed by atoms with Crippen LogP contribution in [0.4, 0.5) is 5.69 Å². The molecule has 0 spiro atoms. The van der Waals surface area contributed by atoms with Crippen molar-refractivity contribution in [3.05, 3.63) is 40.7 Å². The normalized spacial score (nSPS) is 17.4. The number of carbonyl (C=O) groups excluding carboxylic acids is 2. The Kier molecular flexibility index (Phi) is 5.09. The van der Waals surface area contributed by atoms with E-state index in [1.165, 1.54) is 17.3 Å². The van der Waals surface area contributed by atoms with E-state index < -0.39 is 0 Å². The molecule has 0 aliphatic carbocycles. The third-order valence-electron chi connectivity index (χ3n) is 4.72. The van der Waals surface area contributed by atoms with Gasteiger partial charge in [-0.2, -0.15) is 5.10 Å². The molecule has 2 heterocycles. The molecule has 2 atom stereocenters. The number of aromatic nitrogens is 2. The van der Waals surface area contributed by atoms with E-state index in [1.807, 2.05) is 45.5 Å². The van der Waals surface area contributed by atoms with Crippen LogP contribution in [0.15, 0.2) is 23.1 Å². The van der Waals surface area contributed by atoms with Gasteiger partial charge in [-0.1, -0.05) is 0 Å². The minimum absolute atomic E-state index is 0.0240. The number of aryl methyl sites for hydroxylation is 2. The number of nitrogens with one attached hydrogen (secondary N) is 2. The topological polar surface area (TPSA) is 76.0 Å². The maximum absolute atomic E-state index is 12.6. The number of amides is 2. The van der Waals surface area contributed by atoms with Crippen molar-refractivity contribution >= 4 is 29.3 Å². The first-order valence-corrected chi connectivity index (χ1v) is 9.55. The predicted molar refractivity (Wildman–Crippen MR) is 104 cm³/mol. The largest absolute Gasteiger partial charge is 0.349 e. The highest BCUT2D eigenvalue weighted by atomic mass is 32.2. The number of rotatable bonds is 4. The molecule has 2 amide bonds. The summed E-state index contributed by atoms with van der Waals surface area (Å²) >= 11 is 1.51. The van der Waals surface area contributed by atoms with Crippen LogP contribution in [-0.4, -0.2) is 32.9 Å². The lowest BCUT2D eigenvalue weighted by Gasteiger charge is -2.22. The van der Waals surface area contributed by atoms with Crippen LogP contribution in [0, 0.1) is 13.8 Å². The molecule has 7 heteroatoms. The van der Waals surface area contributed by atoms with Crippen molar-refractivity contribution in [1.82, 2.24) is 15.1 Å². The molecule has 6 nitrogen and oxygen atoms in total. The summed E-state index contributed by atoms with van der Waals surface area (Å²) in [6.07, 6.45) is 0.728. The molecule has 0 unspecified atom stereocenters. The van der Waals surface area contributed by atoms with Crippen molar-refractivity contribution in [3.63, 3.8) is 0 Å². The molecule has 26 heavy (non-hydrogen) atoms. The molecule has 0 saturated carbocycles. The van der Waals surface area contributed by atoms with Crippen molar-refractivity contribution in [2.24, 2.45) is 7.05 Å². The fraction of sp³-hybridized carbons (Fsp3) is 0.421. The second kappa shape index (κ2) is 7.15. The van der Waals surface area contributed by atoms with Crippen LogP contribution in [-0.2, 0) is 18.3 Å². The highest BCUT2D eigenvalue weighted by Gasteiger charge is 2.24. The molecule has 1 aliphatic rings. The minimum atomic E-state index is -0.141. The van der Waals surface area contributed by atoms with Crippen LogP contribution in [0.3, 0.4) is 0 Å². The fourth-order valence-electron chi connectivity index (χ4n) is 3.13. The molecule has 3 rings (SSSR count). The summed E-state index contributed by atoms with van der Waals surface area (Å²) in [6.45, 7) is 7.88. The zero-order valence-corrected chi connectivity index (χ0v) is 16.5. The number of thioether (sulfide) groups is 1. The van der Waals surface area contributed by atoms with Crippen molar-refractivity contribution in [2.45, 2.75) is 50.3 Å². The van der Waals surface area contributed by atoms with E-state index >= 15 is 0 Å². The first-order valence-electron chi connectivity index (χ1n) is 8.67. The molecule has 0 radical (unpaired) electrons. The van der Waals surface area contributed by atoms with Crippen LogP contribution in [0.5, 0.6) is 0 Å². The Bertz CT molecular complexity index is 875. The summed E-state index contributed by atoms with van der Waals surface area (Å²) in [7, 11) is 1.93. The highest BCUT2D eigenvalue weighted by molar-refractivity contribution is 8.00. The maximum Gasteiger partial charge on any atom is 0.251 e. The summed E-state index contributed by atoms with van der Waals surface area (Å²) in [5, 5.41) is 10.2. The smallest absolute Gasteiger partial charge is 0.251 e. The molecule has 1 aromatic carbocycles. The second-order valence-corrected chi connectivity index (χ2v) is 8.19. The average molecular weight is 372 g/mol. The van der Waals surface area contributed by atoms with E-state index in [9.17, 15) is 9.59 Å². The Balaban J connectivity index is 1.70. The number of anilines is 1. The molecule has 1 aromatic heterocycles. The number of hydrogen-bond donors (Lipinski definition) is 2. The number of fused-ring (bicyclic) bond motifs is 1. The van der Waals surface area contributed by atoms with Gasteiger partial charge in [0, 0.05) is 29.2 Å². The lowest BCUT2D eigenvalue weighted by atomic mass is 10.0. The average Bonchev–Trinajstić information content (AvgIpc) is 2.81.